The van der Waals surface area contributed by atoms with Crippen molar-refractivity contribution < 1.29 is 27.9 Å². The summed E-state index contributed by atoms with van der Waals surface area (Å²) < 4.78 is 42.7. The van der Waals surface area contributed by atoms with Crippen LogP contribution in [0.15, 0.2) is 36.4 Å². The van der Waals surface area contributed by atoms with Gasteiger partial charge in [0, 0.05) is 0 Å². The first-order chi connectivity index (χ1) is 10.2. The maximum absolute atomic E-state index is 12.5. The number of nitrogens with zero attached hydrogens (tertiary/aromatic N) is 1. The summed E-state index contributed by atoms with van der Waals surface area (Å²) in [7, 11) is 0. The van der Waals surface area contributed by atoms with Gasteiger partial charge in [0.1, 0.15) is 11.5 Å². The molecule has 2 aromatic carbocycles. The van der Waals surface area contributed by atoms with Gasteiger partial charge in [0.05, 0.1) is 21.6 Å². The second kappa shape index (κ2) is 5.72. The third kappa shape index (κ3) is 3.40. The number of hydrogen-bond acceptors (Lipinski definition) is 4. The fourth-order valence-corrected chi connectivity index (χ4v) is 1.82. The molecular weight excluding hydrogens is 327 g/mol. The second-order valence-electron chi connectivity index (χ2n) is 4.15. The van der Waals surface area contributed by atoms with Crippen molar-refractivity contribution in [1.82, 2.24) is 0 Å². The Bertz CT molecular complexity index is 734. The van der Waals surface area contributed by atoms with Crippen LogP contribution in [0.25, 0.3) is 0 Å². The molecule has 0 radical (unpaired) electrons. The molecule has 5 nitrogen and oxygen atoms in total. The maximum Gasteiger partial charge on any atom is 0.416 e. The molecule has 0 aliphatic carbocycles. The van der Waals surface area contributed by atoms with E-state index in [2.05, 4.69) is 0 Å². The molecule has 0 aromatic heterocycles. The van der Waals surface area contributed by atoms with E-state index in [0.29, 0.717) is 6.07 Å². The van der Waals surface area contributed by atoms with Crippen molar-refractivity contribution in [3.63, 3.8) is 0 Å². The van der Waals surface area contributed by atoms with Gasteiger partial charge in [-0.15, -0.1) is 0 Å². The standard InChI is InChI=1S/C13H7ClF3NO4/c14-9-5-7(13(15,16)17)1-4-12(9)22-8-2-3-11(19)10(6-8)18(20)21/h1-6,19H. The highest BCUT2D eigenvalue weighted by Gasteiger charge is 2.31. The highest BCUT2D eigenvalue weighted by Crippen LogP contribution is 2.38. The minimum Gasteiger partial charge on any atom is -0.502 e. The van der Waals surface area contributed by atoms with Crippen LogP contribution in [-0.2, 0) is 6.18 Å². The van der Waals surface area contributed by atoms with Crippen molar-refractivity contribution in [2.24, 2.45) is 0 Å². The highest BCUT2D eigenvalue weighted by atomic mass is 35.5. The Morgan fingerprint density at radius 3 is 2.41 bits per heavy atom. The van der Waals surface area contributed by atoms with Crippen molar-refractivity contribution in [2.45, 2.75) is 6.18 Å². The minimum absolute atomic E-state index is 0.0499. The quantitative estimate of drug-likeness (QED) is 0.649. The van der Waals surface area contributed by atoms with Gasteiger partial charge >= 0.3 is 11.9 Å². The molecule has 0 bridgehead atoms. The van der Waals surface area contributed by atoms with E-state index in [1.54, 1.807) is 0 Å². The molecule has 0 saturated carbocycles. The van der Waals surface area contributed by atoms with Gasteiger partial charge in [-0.05, 0) is 30.3 Å². The Labute approximate surface area is 126 Å². The van der Waals surface area contributed by atoms with E-state index in [1.165, 1.54) is 6.07 Å². The number of nitro groups is 1. The summed E-state index contributed by atoms with van der Waals surface area (Å²) in [6, 6.07) is 5.65. The largest absolute Gasteiger partial charge is 0.502 e. The smallest absolute Gasteiger partial charge is 0.416 e. The number of alkyl halides is 3. The lowest BCUT2D eigenvalue weighted by molar-refractivity contribution is -0.385. The number of benzene rings is 2. The Morgan fingerprint density at radius 2 is 1.86 bits per heavy atom. The molecule has 22 heavy (non-hydrogen) atoms. The van der Waals surface area contributed by atoms with Crippen molar-refractivity contribution in [3.05, 3.63) is 57.1 Å². The van der Waals surface area contributed by atoms with E-state index in [0.717, 1.165) is 24.3 Å². The average molecular weight is 334 g/mol. The van der Waals surface area contributed by atoms with E-state index >= 15 is 0 Å². The SMILES string of the molecule is O=[N+]([O-])c1cc(Oc2ccc(C(F)(F)F)cc2Cl)ccc1O. The third-order valence-electron chi connectivity index (χ3n) is 2.63. The molecule has 0 unspecified atom stereocenters. The molecule has 0 aliphatic heterocycles. The first-order valence-corrected chi connectivity index (χ1v) is 6.08. The van der Waals surface area contributed by atoms with Crippen LogP contribution in [0.1, 0.15) is 5.56 Å². The highest BCUT2D eigenvalue weighted by molar-refractivity contribution is 6.32. The summed E-state index contributed by atoms with van der Waals surface area (Å²) in [5.41, 5.74) is -1.54. The summed E-state index contributed by atoms with van der Waals surface area (Å²) in [5.74, 6) is -0.711. The van der Waals surface area contributed by atoms with E-state index in [1.807, 2.05) is 0 Å². The molecule has 0 spiro atoms. The van der Waals surface area contributed by atoms with Crippen molar-refractivity contribution >= 4 is 17.3 Å². The summed E-state index contributed by atoms with van der Waals surface area (Å²) in [6.07, 6.45) is -4.54. The predicted octanol–water partition coefficient (Wildman–Crippen LogP) is 4.76. The summed E-state index contributed by atoms with van der Waals surface area (Å²) in [5, 5.41) is 19.7. The summed E-state index contributed by atoms with van der Waals surface area (Å²) in [6.45, 7) is 0. The summed E-state index contributed by atoms with van der Waals surface area (Å²) in [4.78, 5) is 9.86. The fraction of sp³-hybridized carbons (Fsp3) is 0.0769. The van der Waals surface area contributed by atoms with Crippen LogP contribution >= 0.6 is 11.6 Å². The van der Waals surface area contributed by atoms with Gasteiger partial charge in [-0.2, -0.15) is 13.2 Å². The number of nitro benzene ring substituents is 1. The Morgan fingerprint density at radius 1 is 1.18 bits per heavy atom. The molecule has 0 heterocycles. The van der Waals surface area contributed by atoms with Crippen molar-refractivity contribution in [2.75, 3.05) is 0 Å². The number of phenols is 1. The maximum atomic E-state index is 12.5. The topological polar surface area (TPSA) is 72.6 Å². The van der Waals surface area contributed by atoms with Crippen LogP contribution < -0.4 is 4.74 Å². The zero-order valence-corrected chi connectivity index (χ0v) is 11.4. The molecule has 0 amide bonds. The number of rotatable bonds is 3. The first-order valence-electron chi connectivity index (χ1n) is 5.70. The van der Waals surface area contributed by atoms with Gasteiger partial charge in [0.2, 0.25) is 0 Å². The number of ether oxygens (including phenoxy) is 1. The van der Waals surface area contributed by atoms with Crippen LogP contribution in [-0.4, -0.2) is 10.0 Å². The van der Waals surface area contributed by atoms with Crippen LogP contribution in [0, 0.1) is 10.1 Å². The number of hydrogen-bond donors (Lipinski definition) is 1. The van der Waals surface area contributed by atoms with E-state index in [9.17, 15) is 28.4 Å². The monoisotopic (exact) mass is 333 g/mol. The number of aromatic hydroxyl groups is 1. The van der Waals surface area contributed by atoms with Gasteiger partial charge in [-0.1, -0.05) is 11.6 Å². The number of halogens is 4. The van der Waals surface area contributed by atoms with Crippen LogP contribution in [0.2, 0.25) is 5.02 Å². The molecule has 0 saturated heterocycles. The molecule has 0 atom stereocenters. The molecule has 0 fully saturated rings. The molecule has 1 N–H and O–H groups in total. The lowest BCUT2D eigenvalue weighted by Crippen LogP contribution is -2.04. The van der Waals surface area contributed by atoms with Gasteiger partial charge in [0.15, 0.2) is 5.75 Å². The predicted molar refractivity (Wildman–Crippen MR) is 71.3 cm³/mol. The fourth-order valence-electron chi connectivity index (χ4n) is 1.60. The van der Waals surface area contributed by atoms with E-state index in [-0.39, 0.29) is 16.5 Å². The molecule has 2 rings (SSSR count). The van der Waals surface area contributed by atoms with Crippen LogP contribution in [0.4, 0.5) is 18.9 Å². The molecule has 0 aliphatic rings. The molecular formula is C13H7ClF3NO4. The average Bonchev–Trinajstić information content (AvgIpc) is 2.41. The van der Waals surface area contributed by atoms with Gasteiger partial charge in [-0.3, -0.25) is 10.1 Å². The first kappa shape index (κ1) is 15.9. The third-order valence-corrected chi connectivity index (χ3v) is 2.93. The van der Waals surface area contributed by atoms with E-state index < -0.39 is 28.1 Å². The van der Waals surface area contributed by atoms with Crippen LogP contribution in [0.3, 0.4) is 0 Å². The zero-order valence-electron chi connectivity index (χ0n) is 10.6. The van der Waals surface area contributed by atoms with Crippen molar-refractivity contribution in [3.8, 4) is 17.2 Å². The van der Waals surface area contributed by atoms with Crippen LogP contribution in [0.5, 0.6) is 17.2 Å². The van der Waals surface area contributed by atoms with Gasteiger partial charge < -0.3 is 9.84 Å². The second-order valence-corrected chi connectivity index (χ2v) is 4.56. The Hall–Kier alpha value is -2.48. The molecule has 116 valence electrons. The zero-order chi connectivity index (χ0) is 16.5. The molecule has 2 aromatic rings. The molecule has 9 heteroatoms. The van der Waals surface area contributed by atoms with Gasteiger partial charge in [-0.25, -0.2) is 0 Å². The van der Waals surface area contributed by atoms with Gasteiger partial charge in [0.25, 0.3) is 0 Å². The lowest BCUT2D eigenvalue weighted by Gasteiger charge is -2.11. The van der Waals surface area contributed by atoms with Crippen molar-refractivity contribution in [1.29, 1.82) is 0 Å². The normalized spacial score (nSPS) is 11.3. The lowest BCUT2D eigenvalue weighted by atomic mass is 10.2. The summed E-state index contributed by atoms with van der Waals surface area (Å²) >= 11 is 5.71. The minimum atomic E-state index is -4.54. The Balaban J connectivity index is 2.32. The Kier molecular flexibility index (Phi) is 4.14. The number of phenolic OH excluding ortho intramolecular Hbond substituents is 1. The van der Waals surface area contributed by atoms with E-state index in [4.69, 9.17) is 16.3 Å².